The molecule has 178 valence electrons. The molecule has 1 aliphatic carbocycles. The zero-order valence-electron chi connectivity index (χ0n) is 20.6. The van der Waals surface area contributed by atoms with E-state index in [0.29, 0.717) is 0 Å². The van der Waals surface area contributed by atoms with Crippen LogP contribution in [0.2, 0.25) is 0 Å². The predicted molar refractivity (Wildman–Crippen MR) is 142 cm³/mol. The molecule has 0 aliphatic heterocycles. The summed E-state index contributed by atoms with van der Waals surface area (Å²) in [5.41, 5.74) is 7.54. The summed E-state index contributed by atoms with van der Waals surface area (Å²) < 4.78 is 12.1. The molecule has 0 saturated heterocycles. The van der Waals surface area contributed by atoms with Gasteiger partial charge < -0.3 is 9.47 Å². The predicted octanol–water partition coefficient (Wildman–Crippen LogP) is 7.76. The number of nitrogens with zero attached hydrogens (tertiary/aromatic N) is 1. The quantitative estimate of drug-likeness (QED) is 0.267. The van der Waals surface area contributed by atoms with Crippen molar-refractivity contribution >= 4 is 0 Å². The Hall–Kier alpha value is -3.59. The molecule has 1 aromatic heterocycles. The van der Waals surface area contributed by atoms with Crippen LogP contribution in [0.3, 0.4) is 0 Å². The van der Waals surface area contributed by atoms with Crippen molar-refractivity contribution in [3.05, 3.63) is 114 Å². The Kier molecular flexibility index (Phi) is 7.13. The average Bonchev–Trinajstić information content (AvgIpc) is 3.42. The molecule has 4 aromatic rings. The minimum atomic E-state index is 0.196. The molecule has 35 heavy (non-hydrogen) atoms. The number of aryl methyl sites for hydroxylation is 1. The lowest BCUT2D eigenvalue weighted by atomic mass is 9.85. The number of hydrogen-bond acceptors (Lipinski definition) is 3. The minimum absolute atomic E-state index is 0.196. The van der Waals surface area contributed by atoms with Crippen LogP contribution in [-0.2, 0) is 6.42 Å². The smallest absolute Gasteiger partial charge is 0.161 e. The van der Waals surface area contributed by atoms with Crippen molar-refractivity contribution in [2.24, 2.45) is 0 Å². The Morgan fingerprint density at radius 1 is 0.771 bits per heavy atom. The maximum atomic E-state index is 6.43. The summed E-state index contributed by atoms with van der Waals surface area (Å²) in [6, 6.07) is 28.3. The third kappa shape index (κ3) is 5.57. The van der Waals surface area contributed by atoms with E-state index in [1.54, 1.807) is 7.11 Å². The van der Waals surface area contributed by atoms with Gasteiger partial charge in [-0.3, -0.25) is 4.98 Å². The zero-order chi connectivity index (χ0) is 24.0. The number of methoxy groups -OCH3 is 1. The first kappa shape index (κ1) is 23.2. The SMILES string of the molecule is COc1ccc(C(Cc2ccncc2)c2ccc(-c3ccc(C)cc3)cc2)cc1OC1CCCC1. The fraction of sp³-hybridized carbons (Fsp3) is 0.281. The van der Waals surface area contributed by atoms with Crippen LogP contribution in [-0.4, -0.2) is 18.2 Å². The number of hydrogen-bond donors (Lipinski definition) is 0. The Labute approximate surface area is 208 Å². The standard InChI is InChI=1S/C32H33NO2/c1-23-7-9-25(10-8-23)26-11-13-27(14-12-26)30(21-24-17-19-33-20-18-24)28-15-16-31(34-2)32(22-28)35-29-5-3-4-6-29/h7-20,22,29-30H,3-6,21H2,1-2H3. The minimum Gasteiger partial charge on any atom is -0.493 e. The van der Waals surface area contributed by atoms with E-state index in [1.165, 1.54) is 46.2 Å². The average molecular weight is 464 g/mol. The Morgan fingerprint density at radius 2 is 1.40 bits per heavy atom. The summed E-state index contributed by atoms with van der Waals surface area (Å²) in [6.45, 7) is 2.12. The van der Waals surface area contributed by atoms with E-state index < -0.39 is 0 Å². The van der Waals surface area contributed by atoms with Crippen LogP contribution >= 0.6 is 0 Å². The van der Waals surface area contributed by atoms with Gasteiger partial charge in [-0.2, -0.15) is 0 Å². The highest BCUT2D eigenvalue weighted by atomic mass is 16.5. The van der Waals surface area contributed by atoms with E-state index in [4.69, 9.17) is 9.47 Å². The van der Waals surface area contributed by atoms with Crippen LogP contribution in [0, 0.1) is 6.92 Å². The summed E-state index contributed by atoms with van der Waals surface area (Å²) in [5, 5.41) is 0. The molecule has 5 rings (SSSR count). The van der Waals surface area contributed by atoms with Crippen molar-refractivity contribution in [2.45, 2.75) is 51.0 Å². The molecule has 0 N–H and O–H groups in total. The van der Waals surface area contributed by atoms with Gasteiger partial charge in [0.2, 0.25) is 0 Å². The van der Waals surface area contributed by atoms with E-state index in [2.05, 4.69) is 90.8 Å². The van der Waals surface area contributed by atoms with Crippen LogP contribution in [0.1, 0.15) is 53.9 Å². The van der Waals surface area contributed by atoms with E-state index in [9.17, 15) is 0 Å². The van der Waals surface area contributed by atoms with E-state index in [1.807, 2.05) is 12.4 Å². The van der Waals surface area contributed by atoms with Crippen molar-refractivity contribution in [1.82, 2.24) is 4.98 Å². The topological polar surface area (TPSA) is 31.4 Å². The van der Waals surface area contributed by atoms with Gasteiger partial charge in [-0.05, 0) is 91.1 Å². The summed E-state index contributed by atoms with van der Waals surface area (Å²) in [7, 11) is 1.72. The molecule has 1 unspecified atom stereocenters. The molecule has 3 aromatic carbocycles. The molecule has 0 radical (unpaired) electrons. The Balaban J connectivity index is 1.49. The van der Waals surface area contributed by atoms with Crippen LogP contribution in [0.4, 0.5) is 0 Å². The third-order valence-corrected chi connectivity index (χ3v) is 7.07. The monoisotopic (exact) mass is 463 g/mol. The highest BCUT2D eigenvalue weighted by Crippen LogP contribution is 2.37. The Bertz CT molecular complexity index is 1230. The summed E-state index contributed by atoms with van der Waals surface area (Å²) in [5.74, 6) is 1.85. The molecule has 1 fully saturated rings. The fourth-order valence-corrected chi connectivity index (χ4v) is 5.02. The second-order valence-electron chi connectivity index (χ2n) is 9.53. The number of ether oxygens (including phenoxy) is 2. The highest BCUT2D eigenvalue weighted by Gasteiger charge is 2.21. The second-order valence-corrected chi connectivity index (χ2v) is 9.53. The van der Waals surface area contributed by atoms with E-state index in [-0.39, 0.29) is 12.0 Å². The molecule has 1 saturated carbocycles. The van der Waals surface area contributed by atoms with Crippen LogP contribution in [0.5, 0.6) is 11.5 Å². The van der Waals surface area contributed by atoms with Gasteiger partial charge in [0.25, 0.3) is 0 Å². The van der Waals surface area contributed by atoms with Crippen LogP contribution in [0.25, 0.3) is 11.1 Å². The molecule has 1 atom stereocenters. The van der Waals surface area contributed by atoms with Gasteiger partial charge in [0.15, 0.2) is 11.5 Å². The number of rotatable bonds is 8. The van der Waals surface area contributed by atoms with Crippen molar-refractivity contribution in [3.63, 3.8) is 0 Å². The summed E-state index contributed by atoms with van der Waals surface area (Å²) in [4.78, 5) is 4.21. The first-order chi connectivity index (χ1) is 17.2. The maximum absolute atomic E-state index is 6.43. The molecular formula is C32H33NO2. The van der Waals surface area contributed by atoms with E-state index >= 15 is 0 Å². The van der Waals surface area contributed by atoms with Crippen molar-refractivity contribution in [3.8, 4) is 22.6 Å². The molecule has 3 heteroatoms. The van der Waals surface area contributed by atoms with Crippen LogP contribution < -0.4 is 9.47 Å². The molecular weight excluding hydrogens is 430 g/mol. The first-order valence-electron chi connectivity index (χ1n) is 12.6. The van der Waals surface area contributed by atoms with E-state index in [0.717, 1.165) is 30.8 Å². The lowest BCUT2D eigenvalue weighted by Crippen LogP contribution is -2.12. The summed E-state index contributed by atoms with van der Waals surface area (Å²) >= 11 is 0. The van der Waals surface area contributed by atoms with Crippen molar-refractivity contribution < 1.29 is 9.47 Å². The molecule has 3 nitrogen and oxygen atoms in total. The molecule has 0 bridgehead atoms. The molecule has 1 aliphatic rings. The van der Waals surface area contributed by atoms with Crippen molar-refractivity contribution in [2.75, 3.05) is 7.11 Å². The highest BCUT2D eigenvalue weighted by molar-refractivity contribution is 5.64. The largest absolute Gasteiger partial charge is 0.493 e. The van der Waals surface area contributed by atoms with Gasteiger partial charge in [0, 0.05) is 18.3 Å². The maximum Gasteiger partial charge on any atom is 0.161 e. The number of pyridine rings is 1. The second kappa shape index (κ2) is 10.8. The van der Waals surface area contributed by atoms with Gasteiger partial charge in [-0.25, -0.2) is 0 Å². The lowest BCUT2D eigenvalue weighted by Gasteiger charge is -2.22. The Morgan fingerprint density at radius 3 is 2.06 bits per heavy atom. The molecule has 0 amide bonds. The normalized spacial score (nSPS) is 14.6. The fourth-order valence-electron chi connectivity index (χ4n) is 5.02. The van der Waals surface area contributed by atoms with Crippen LogP contribution in [0.15, 0.2) is 91.3 Å². The zero-order valence-corrected chi connectivity index (χ0v) is 20.6. The van der Waals surface area contributed by atoms with Gasteiger partial charge >= 0.3 is 0 Å². The summed E-state index contributed by atoms with van der Waals surface area (Å²) in [6.07, 6.45) is 9.64. The van der Waals surface area contributed by atoms with Crippen molar-refractivity contribution in [1.29, 1.82) is 0 Å². The van der Waals surface area contributed by atoms with Gasteiger partial charge in [-0.15, -0.1) is 0 Å². The van der Waals surface area contributed by atoms with Gasteiger partial charge in [0.1, 0.15) is 0 Å². The third-order valence-electron chi connectivity index (χ3n) is 7.07. The van der Waals surface area contributed by atoms with Gasteiger partial charge in [0.05, 0.1) is 13.2 Å². The molecule has 0 spiro atoms. The first-order valence-corrected chi connectivity index (χ1v) is 12.6. The number of aromatic nitrogens is 1. The lowest BCUT2D eigenvalue weighted by molar-refractivity contribution is 0.200. The molecule has 1 heterocycles. The van der Waals surface area contributed by atoms with Gasteiger partial charge in [-0.1, -0.05) is 60.2 Å². The number of benzene rings is 3.